The minimum Gasteiger partial charge on any atom is -0.402 e. The molecule has 2 saturated heterocycles. The molecule has 8 nitrogen and oxygen atoms in total. The predicted octanol–water partition coefficient (Wildman–Crippen LogP) is 2.18. The maximum absolute atomic E-state index is 10.1. The van der Waals surface area contributed by atoms with Crippen LogP contribution >= 0.6 is 0 Å². The molecule has 0 bridgehead atoms. The van der Waals surface area contributed by atoms with Gasteiger partial charge in [-0.05, 0) is 57.1 Å². The van der Waals surface area contributed by atoms with Gasteiger partial charge in [0.05, 0.1) is 23.4 Å². The van der Waals surface area contributed by atoms with Crippen molar-refractivity contribution in [2.24, 2.45) is 11.1 Å². The van der Waals surface area contributed by atoms with Gasteiger partial charge in [-0.25, -0.2) is 9.97 Å². The fraction of sp³-hybridized carbons (Fsp3) is 0.565. The minimum atomic E-state index is -0.128. The quantitative estimate of drug-likeness (QED) is 0.648. The van der Waals surface area contributed by atoms with E-state index in [4.69, 9.17) is 16.1 Å². The van der Waals surface area contributed by atoms with Crippen LogP contribution in [0, 0.1) is 10.8 Å². The Labute approximate surface area is 182 Å². The van der Waals surface area contributed by atoms with E-state index in [-0.39, 0.29) is 6.10 Å². The lowest BCUT2D eigenvalue weighted by atomic mass is 9.77. The van der Waals surface area contributed by atoms with Crippen LogP contribution in [-0.2, 0) is 0 Å². The number of fused-ring (bicyclic) bond motifs is 1. The minimum absolute atomic E-state index is 0.128. The van der Waals surface area contributed by atoms with Gasteiger partial charge in [-0.2, -0.15) is 0 Å². The van der Waals surface area contributed by atoms with Gasteiger partial charge in [0.25, 0.3) is 0 Å². The van der Waals surface area contributed by atoms with Crippen molar-refractivity contribution in [3.63, 3.8) is 0 Å². The van der Waals surface area contributed by atoms with Gasteiger partial charge in [0, 0.05) is 49.2 Å². The smallest absolute Gasteiger partial charge is 0.165 e. The summed E-state index contributed by atoms with van der Waals surface area (Å²) < 4.78 is 0. The lowest BCUT2D eigenvalue weighted by molar-refractivity contribution is -0.0164. The summed E-state index contributed by atoms with van der Waals surface area (Å²) in [5.41, 5.74) is 8.20. The Kier molecular flexibility index (Phi) is 5.14. The summed E-state index contributed by atoms with van der Waals surface area (Å²) in [5.74, 6) is 1.39. The van der Waals surface area contributed by atoms with Crippen LogP contribution in [-0.4, -0.2) is 69.5 Å². The molecule has 3 fully saturated rings. The topological polar surface area (TPSA) is 115 Å². The summed E-state index contributed by atoms with van der Waals surface area (Å²) in [6.45, 7) is 5.87. The van der Waals surface area contributed by atoms with Crippen molar-refractivity contribution in [2.45, 2.75) is 51.2 Å². The fourth-order valence-electron chi connectivity index (χ4n) is 5.42. The summed E-state index contributed by atoms with van der Waals surface area (Å²) >= 11 is 0. The molecule has 1 aliphatic carbocycles. The molecular formula is C23H31N7O. The maximum atomic E-state index is 10.1. The van der Waals surface area contributed by atoms with Gasteiger partial charge in [-0.15, -0.1) is 0 Å². The Hall–Kier alpha value is -2.58. The number of aromatic nitrogens is 3. The molecule has 3 aliphatic rings. The van der Waals surface area contributed by atoms with E-state index in [1.165, 1.54) is 12.6 Å². The third-order valence-corrected chi connectivity index (χ3v) is 7.55. The average molecular weight is 422 g/mol. The van der Waals surface area contributed by atoms with Gasteiger partial charge in [0.1, 0.15) is 5.82 Å². The monoisotopic (exact) mass is 421 g/mol. The molecule has 0 aromatic carbocycles. The highest BCUT2D eigenvalue weighted by atomic mass is 16.3. The van der Waals surface area contributed by atoms with E-state index < -0.39 is 0 Å². The number of nitrogens with one attached hydrogen (secondary N) is 1. The van der Waals surface area contributed by atoms with Crippen molar-refractivity contribution in [3.05, 3.63) is 30.0 Å². The average Bonchev–Trinajstić information content (AvgIpc) is 3.15. The van der Waals surface area contributed by atoms with Crippen LogP contribution in [0.2, 0.25) is 0 Å². The molecule has 8 heteroatoms. The molecule has 0 amide bonds. The van der Waals surface area contributed by atoms with Crippen LogP contribution in [0.25, 0.3) is 16.5 Å². The number of rotatable bonds is 4. The number of hydrogen-bond acceptors (Lipinski definition) is 8. The number of likely N-dealkylation sites (tertiary alicyclic amines) is 1. The second-order valence-corrected chi connectivity index (χ2v) is 9.42. The number of aliphatic hydroxyl groups excluding tert-OH is 1. The molecule has 2 aliphatic heterocycles. The van der Waals surface area contributed by atoms with E-state index in [9.17, 15) is 5.11 Å². The van der Waals surface area contributed by atoms with Crippen molar-refractivity contribution in [1.82, 2.24) is 19.9 Å². The number of nitrogens with zero attached hydrogens (tertiary/aromatic N) is 5. The van der Waals surface area contributed by atoms with Crippen LogP contribution in [0.1, 0.15) is 44.9 Å². The van der Waals surface area contributed by atoms with E-state index in [1.807, 2.05) is 6.07 Å². The summed E-state index contributed by atoms with van der Waals surface area (Å²) in [4.78, 5) is 18.6. The second-order valence-electron chi connectivity index (χ2n) is 9.42. The zero-order chi connectivity index (χ0) is 21.6. The number of pyridine rings is 1. The number of aliphatic hydroxyl groups is 1. The molecule has 1 saturated carbocycles. The van der Waals surface area contributed by atoms with E-state index in [0.717, 1.165) is 68.6 Å². The molecule has 31 heavy (non-hydrogen) atoms. The molecule has 2 aromatic heterocycles. The van der Waals surface area contributed by atoms with Crippen LogP contribution in [0.3, 0.4) is 0 Å². The Morgan fingerprint density at radius 3 is 2.65 bits per heavy atom. The zero-order valence-electron chi connectivity index (χ0n) is 18.1. The van der Waals surface area contributed by atoms with Gasteiger partial charge < -0.3 is 21.1 Å². The lowest BCUT2D eigenvalue weighted by Crippen LogP contribution is -2.51. The van der Waals surface area contributed by atoms with E-state index >= 15 is 0 Å². The SMILES string of the molecule is C/C(N)=C(/C=N)c1nc(N2CCC3(CC2)CCN([C@H]2CC[C@H]2O)C3)c2ccncc2n1. The van der Waals surface area contributed by atoms with Gasteiger partial charge >= 0.3 is 0 Å². The number of allylic oxidation sites excluding steroid dienone is 2. The van der Waals surface area contributed by atoms with Gasteiger partial charge in [0.2, 0.25) is 0 Å². The van der Waals surface area contributed by atoms with E-state index in [2.05, 4.69) is 19.8 Å². The highest BCUT2D eigenvalue weighted by Crippen LogP contribution is 2.44. The fourth-order valence-corrected chi connectivity index (χ4v) is 5.42. The first kappa shape index (κ1) is 20.3. The molecule has 2 aromatic rings. The molecule has 164 valence electrons. The Morgan fingerprint density at radius 1 is 1.23 bits per heavy atom. The standard InChI is InChI=1S/C23H31N7O/c1-15(25)17(12-24)21-27-18-13-26-8-4-16(18)22(28-21)29-9-5-23(6-10-29)7-11-30(14-23)19-2-3-20(19)31/h4,8,12-13,19-20,24,31H,2-3,5-7,9-11,14,25H2,1H3/b17-15+,24-12?/t19-,20+/m0/s1. The molecule has 2 atom stereocenters. The van der Waals surface area contributed by atoms with Crippen molar-refractivity contribution in [3.8, 4) is 0 Å². The predicted molar refractivity (Wildman–Crippen MR) is 122 cm³/mol. The number of piperidine rings is 1. The first-order chi connectivity index (χ1) is 15.0. The largest absolute Gasteiger partial charge is 0.402 e. The van der Waals surface area contributed by atoms with Gasteiger partial charge in [0.15, 0.2) is 5.82 Å². The highest BCUT2D eigenvalue weighted by molar-refractivity contribution is 6.08. The zero-order valence-corrected chi connectivity index (χ0v) is 18.1. The third kappa shape index (κ3) is 3.57. The Morgan fingerprint density at radius 2 is 2.00 bits per heavy atom. The third-order valence-electron chi connectivity index (χ3n) is 7.55. The van der Waals surface area contributed by atoms with Crippen molar-refractivity contribution < 1.29 is 5.11 Å². The van der Waals surface area contributed by atoms with Crippen LogP contribution < -0.4 is 10.6 Å². The summed E-state index contributed by atoms with van der Waals surface area (Å²) in [6, 6.07) is 2.35. The van der Waals surface area contributed by atoms with Gasteiger partial charge in [-0.3, -0.25) is 9.88 Å². The second kappa shape index (κ2) is 7.84. The normalized spacial score (nSPS) is 26.7. The lowest BCUT2D eigenvalue weighted by Gasteiger charge is -2.43. The number of anilines is 1. The van der Waals surface area contributed by atoms with Crippen molar-refractivity contribution in [1.29, 1.82) is 5.41 Å². The van der Waals surface area contributed by atoms with Crippen LogP contribution in [0.15, 0.2) is 24.2 Å². The molecule has 4 N–H and O–H groups in total. The number of hydrogen-bond donors (Lipinski definition) is 3. The first-order valence-electron chi connectivity index (χ1n) is 11.3. The van der Waals surface area contributed by atoms with Crippen molar-refractivity contribution >= 4 is 28.5 Å². The molecule has 0 radical (unpaired) electrons. The molecule has 4 heterocycles. The van der Waals surface area contributed by atoms with Crippen LogP contribution in [0.4, 0.5) is 5.82 Å². The first-order valence-corrected chi connectivity index (χ1v) is 11.3. The Bertz CT molecular complexity index is 1020. The molecule has 5 rings (SSSR count). The van der Waals surface area contributed by atoms with E-state index in [1.54, 1.807) is 19.3 Å². The molecular weight excluding hydrogens is 390 g/mol. The molecule has 1 spiro atoms. The molecule has 0 unspecified atom stereocenters. The van der Waals surface area contributed by atoms with Crippen LogP contribution in [0.5, 0.6) is 0 Å². The summed E-state index contributed by atoms with van der Waals surface area (Å²) in [5, 5.41) is 18.8. The summed E-state index contributed by atoms with van der Waals surface area (Å²) in [6.07, 6.45) is 10.2. The highest BCUT2D eigenvalue weighted by Gasteiger charge is 2.45. The summed E-state index contributed by atoms with van der Waals surface area (Å²) in [7, 11) is 0. The number of nitrogens with two attached hydrogens (primary N) is 1. The maximum Gasteiger partial charge on any atom is 0.165 e. The van der Waals surface area contributed by atoms with Gasteiger partial charge in [-0.1, -0.05) is 0 Å². The Balaban J connectivity index is 1.39. The van der Waals surface area contributed by atoms with E-state index in [0.29, 0.717) is 28.6 Å². The van der Waals surface area contributed by atoms with Crippen molar-refractivity contribution in [2.75, 3.05) is 31.1 Å².